The summed E-state index contributed by atoms with van der Waals surface area (Å²) in [5.41, 5.74) is -1.76. The van der Waals surface area contributed by atoms with E-state index >= 15 is 0 Å². The van der Waals surface area contributed by atoms with E-state index in [1.807, 2.05) is 22.6 Å². The van der Waals surface area contributed by atoms with Crippen molar-refractivity contribution in [3.63, 3.8) is 0 Å². The molecule has 4 aromatic rings. The maximum absolute atomic E-state index is 14.8. The summed E-state index contributed by atoms with van der Waals surface area (Å²) in [5, 5.41) is 5.34. The molecule has 0 aliphatic heterocycles. The third kappa shape index (κ3) is 4.42. The number of aromatic nitrogens is 3. The van der Waals surface area contributed by atoms with Crippen molar-refractivity contribution in [2.75, 3.05) is 10.6 Å². The number of hydrogen-bond acceptors (Lipinski definition) is 5. The highest BCUT2D eigenvalue weighted by Crippen LogP contribution is 2.34. The lowest BCUT2D eigenvalue weighted by Crippen LogP contribution is -2.41. The molecule has 0 saturated heterocycles. The monoisotopic (exact) mass is 633 g/mol. The van der Waals surface area contributed by atoms with Crippen molar-refractivity contribution in [3.05, 3.63) is 88.4 Å². The number of anilines is 3. The molecule has 5 rings (SSSR count). The normalized spacial score (nSPS) is 13.1. The molecule has 2 aromatic carbocycles. The minimum absolute atomic E-state index is 0.0117. The fraction of sp³-hybridized carbons (Fsp3) is 0.231. The molecule has 1 aliphatic rings. The number of hydrogen-bond donors (Lipinski definition) is 2. The average molecular weight is 633 g/mol. The van der Waals surface area contributed by atoms with Crippen LogP contribution in [0.15, 0.2) is 50.8 Å². The second-order valence-electron chi connectivity index (χ2n) is 9.21. The number of rotatable bonds is 5. The predicted molar refractivity (Wildman–Crippen MR) is 149 cm³/mol. The van der Waals surface area contributed by atoms with Gasteiger partial charge in [-0.15, -0.1) is 0 Å². The van der Waals surface area contributed by atoms with E-state index in [2.05, 4.69) is 10.6 Å². The molecule has 12 heteroatoms. The quantitative estimate of drug-likeness (QED) is 0.323. The molecule has 0 unspecified atom stereocenters. The molecule has 0 radical (unpaired) electrons. The van der Waals surface area contributed by atoms with Gasteiger partial charge in [0.25, 0.3) is 11.1 Å². The van der Waals surface area contributed by atoms with Gasteiger partial charge < -0.3 is 10.6 Å². The van der Waals surface area contributed by atoms with Gasteiger partial charge in [0.2, 0.25) is 5.91 Å². The van der Waals surface area contributed by atoms with Crippen molar-refractivity contribution >= 4 is 56.6 Å². The highest BCUT2D eigenvalue weighted by Gasteiger charge is 2.31. The van der Waals surface area contributed by atoms with Crippen LogP contribution in [0.3, 0.4) is 0 Å². The van der Waals surface area contributed by atoms with Crippen molar-refractivity contribution in [2.24, 2.45) is 7.05 Å². The summed E-state index contributed by atoms with van der Waals surface area (Å²) in [6.07, 6.45) is 1.19. The lowest BCUT2D eigenvalue weighted by Gasteiger charge is -2.21. The maximum Gasteiger partial charge on any atom is 0.336 e. The molecule has 196 valence electrons. The third-order valence-corrected chi connectivity index (χ3v) is 7.07. The third-order valence-electron chi connectivity index (χ3n) is 6.40. The Morgan fingerprint density at radius 2 is 1.76 bits per heavy atom. The SMILES string of the molecule is CC(=O)Nc1cc(F)cc(-n2c(=O)n(C3CC3)c(=O)c3c(Nc4ccc(I)cc4F)n(C)c(=O)c(C)c32)c1. The summed E-state index contributed by atoms with van der Waals surface area (Å²) in [6.45, 7) is 2.72. The highest BCUT2D eigenvalue weighted by atomic mass is 127. The Morgan fingerprint density at radius 3 is 2.39 bits per heavy atom. The Hall–Kier alpha value is -3.81. The molecular weight excluding hydrogens is 611 g/mol. The van der Waals surface area contributed by atoms with Crippen LogP contribution in [0.25, 0.3) is 16.6 Å². The van der Waals surface area contributed by atoms with E-state index in [1.54, 1.807) is 6.07 Å². The number of benzene rings is 2. The number of aryl methyl sites for hydroxylation is 1. The van der Waals surface area contributed by atoms with E-state index in [1.165, 1.54) is 43.7 Å². The molecule has 0 bridgehead atoms. The molecule has 2 heterocycles. The van der Waals surface area contributed by atoms with Crippen LogP contribution in [-0.2, 0) is 11.8 Å². The Labute approximate surface area is 227 Å². The van der Waals surface area contributed by atoms with Crippen LogP contribution in [-0.4, -0.2) is 19.6 Å². The number of pyridine rings is 1. The number of carbonyl (C=O) groups excluding carboxylic acids is 1. The smallest absolute Gasteiger partial charge is 0.336 e. The van der Waals surface area contributed by atoms with Crippen molar-refractivity contribution in [1.82, 2.24) is 13.7 Å². The summed E-state index contributed by atoms with van der Waals surface area (Å²) in [5.74, 6) is -1.80. The van der Waals surface area contributed by atoms with Gasteiger partial charge in [0.05, 0.1) is 16.9 Å². The van der Waals surface area contributed by atoms with Crippen molar-refractivity contribution < 1.29 is 13.6 Å². The van der Waals surface area contributed by atoms with E-state index in [-0.39, 0.29) is 45.4 Å². The zero-order valence-electron chi connectivity index (χ0n) is 20.6. The topological polar surface area (TPSA) is 107 Å². The first-order valence-electron chi connectivity index (χ1n) is 11.7. The van der Waals surface area contributed by atoms with Crippen LogP contribution in [0.2, 0.25) is 0 Å². The van der Waals surface area contributed by atoms with Crippen LogP contribution < -0.4 is 27.4 Å². The van der Waals surface area contributed by atoms with E-state index in [0.717, 1.165) is 21.3 Å². The van der Waals surface area contributed by atoms with E-state index < -0.39 is 34.3 Å². The van der Waals surface area contributed by atoms with Crippen LogP contribution in [0.5, 0.6) is 0 Å². The molecule has 0 spiro atoms. The molecule has 1 saturated carbocycles. The van der Waals surface area contributed by atoms with Gasteiger partial charge in [-0.3, -0.25) is 28.1 Å². The first-order valence-corrected chi connectivity index (χ1v) is 12.8. The zero-order chi connectivity index (χ0) is 27.5. The predicted octanol–water partition coefficient (Wildman–Crippen LogP) is 4.08. The van der Waals surface area contributed by atoms with Crippen molar-refractivity contribution in [1.29, 1.82) is 0 Å². The molecule has 38 heavy (non-hydrogen) atoms. The molecule has 0 atom stereocenters. The van der Waals surface area contributed by atoms with Gasteiger partial charge in [-0.25, -0.2) is 13.6 Å². The van der Waals surface area contributed by atoms with Gasteiger partial charge in [-0.2, -0.15) is 0 Å². The van der Waals surface area contributed by atoms with Gasteiger partial charge in [-0.1, -0.05) is 0 Å². The van der Waals surface area contributed by atoms with Crippen molar-refractivity contribution in [2.45, 2.75) is 32.7 Å². The number of nitrogens with zero attached hydrogens (tertiary/aromatic N) is 3. The van der Waals surface area contributed by atoms with E-state index in [9.17, 15) is 28.0 Å². The summed E-state index contributed by atoms with van der Waals surface area (Å²) in [4.78, 5) is 52.5. The average Bonchev–Trinajstić information content (AvgIpc) is 3.66. The molecule has 1 aliphatic carbocycles. The van der Waals surface area contributed by atoms with Gasteiger partial charge in [0, 0.05) is 34.8 Å². The maximum atomic E-state index is 14.8. The van der Waals surface area contributed by atoms with Gasteiger partial charge in [0.1, 0.15) is 22.8 Å². The molecule has 2 N–H and O–H groups in total. The molecule has 9 nitrogen and oxygen atoms in total. The molecule has 1 amide bonds. The van der Waals surface area contributed by atoms with Gasteiger partial charge in [-0.05, 0) is 78.8 Å². The van der Waals surface area contributed by atoms with E-state index in [0.29, 0.717) is 16.4 Å². The van der Waals surface area contributed by atoms with E-state index in [4.69, 9.17) is 0 Å². The summed E-state index contributed by atoms with van der Waals surface area (Å²) < 4.78 is 33.5. The first-order chi connectivity index (χ1) is 18.0. The number of carbonyl (C=O) groups is 1. The fourth-order valence-electron chi connectivity index (χ4n) is 4.55. The van der Waals surface area contributed by atoms with Crippen molar-refractivity contribution in [3.8, 4) is 5.69 Å². The summed E-state index contributed by atoms with van der Waals surface area (Å²) in [6, 6.07) is 7.63. The minimum atomic E-state index is -0.743. The number of fused-ring (bicyclic) bond motifs is 1. The van der Waals surface area contributed by atoms with Gasteiger partial charge >= 0.3 is 5.69 Å². The largest absolute Gasteiger partial charge is 0.338 e. The Kier molecular flexibility index (Phi) is 6.45. The van der Waals surface area contributed by atoms with Gasteiger partial charge in [0.15, 0.2) is 0 Å². The minimum Gasteiger partial charge on any atom is -0.338 e. The molecular formula is C26H22F2IN5O4. The molecule has 1 fully saturated rings. The number of nitrogens with one attached hydrogen (secondary N) is 2. The van der Waals surface area contributed by atoms with Crippen LogP contribution in [0, 0.1) is 22.1 Å². The van der Waals surface area contributed by atoms with Crippen LogP contribution >= 0.6 is 22.6 Å². The first kappa shape index (κ1) is 25.8. The Bertz CT molecular complexity index is 1840. The zero-order valence-corrected chi connectivity index (χ0v) is 22.7. The number of halogens is 3. The second-order valence-corrected chi connectivity index (χ2v) is 10.5. The Balaban J connectivity index is 1.92. The summed E-state index contributed by atoms with van der Waals surface area (Å²) in [7, 11) is 1.44. The van der Waals surface area contributed by atoms with Crippen LogP contribution in [0.4, 0.5) is 26.0 Å². The Morgan fingerprint density at radius 1 is 1.05 bits per heavy atom. The molecule has 2 aromatic heterocycles. The lowest BCUT2D eigenvalue weighted by molar-refractivity contribution is -0.114. The fourth-order valence-corrected chi connectivity index (χ4v) is 5.01. The lowest BCUT2D eigenvalue weighted by atomic mass is 10.1. The summed E-state index contributed by atoms with van der Waals surface area (Å²) >= 11 is 1.96. The highest BCUT2D eigenvalue weighted by molar-refractivity contribution is 14.1. The second kappa shape index (κ2) is 9.49. The number of amides is 1. The van der Waals surface area contributed by atoms with Crippen LogP contribution in [0.1, 0.15) is 31.4 Å². The standard InChI is InChI=1S/C26H22F2IN5O4/c1-12-22-21(23(32(3)24(12)36)31-20-7-4-15(29)10-19(20)28)25(37)34(17-5-6-17)26(38)33(22)18-9-14(27)8-16(11-18)30-13(2)35/h4,7-11,17,31H,5-6H2,1-3H3,(H,30,35).